The molecular formula is C24H30N2O11. The van der Waals surface area contributed by atoms with Crippen molar-refractivity contribution in [3.63, 3.8) is 0 Å². The lowest BCUT2D eigenvalue weighted by molar-refractivity contribution is -0.157. The van der Waals surface area contributed by atoms with Gasteiger partial charge in [-0.05, 0) is 24.6 Å². The fourth-order valence-electron chi connectivity index (χ4n) is 3.85. The molecule has 2 N–H and O–H groups in total. The summed E-state index contributed by atoms with van der Waals surface area (Å²) in [5.74, 6) is -0.0945. The Morgan fingerprint density at radius 3 is 2.32 bits per heavy atom. The number of carbonyl (C=O) groups is 2. The molecule has 0 saturated carbocycles. The van der Waals surface area contributed by atoms with Crippen LogP contribution in [0.25, 0.3) is 0 Å². The third-order valence-corrected chi connectivity index (χ3v) is 5.76. The van der Waals surface area contributed by atoms with Crippen molar-refractivity contribution in [2.75, 3.05) is 27.9 Å². The van der Waals surface area contributed by atoms with E-state index < -0.39 is 48.2 Å². The number of ether oxygens (including phenoxy) is 6. The van der Waals surface area contributed by atoms with Crippen molar-refractivity contribution in [1.82, 2.24) is 9.55 Å². The second-order valence-electron chi connectivity index (χ2n) is 8.25. The van der Waals surface area contributed by atoms with Gasteiger partial charge in [-0.1, -0.05) is 0 Å². The third-order valence-electron chi connectivity index (χ3n) is 5.76. The van der Waals surface area contributed by atoms with Crippen molar-refractivity contribution >= 4 is 11.9 Å². The summed E-state index contributed by atoms with van der Waals surface area (Å²) in [6.45, 7) is 0.997. The largest absolute Gasteiger partial charge is 0.493 e. The molecule has 0 radical (unpaired) electrons. The zero-order valence-corrected chi connectivity index (χ0v) is 21.0. The van der Waals surface area contributed by atoms with Gasteiger partial charge in [-0.2, -0.15) is 0 Å². The minimum atomic E-state index is -0.875. The number of hydrogen-bond acceptors (Lipinski definition) is 11. The highest BCUT2D eigenvalue weighted by atomic mass is 16.6. The monoisotopic (exact) mass is 522 g/mol. The molecule has 1 fully saturated rings. The molecule has 1 aromatic carbocycles. The lowest BCUT2D eigenvalue weighted by Gasteiger charge is -2.16. The maximum absolute atomic E-state index is 12.4. The first-order valence-electron chi connectivity index (χ1n) is 11.4. The second kappa shape index (κ2) is 12.4. The molecule has 3 atom stereocenters. The van der Waals surface area contributed by atoms with Gasteiger partial charge in [-0.15, -0.1) is 0 Å². The summed E-state index contributed by atoms with van der Waals surface area (Å²) in [4.78, 5) is 50.5. The van der Waals surface area contributed by atoms with Crippen molar-refractivity contribution in [3.05, 3.63) is 50.3 Å². The Bertz CT molecular complexity index is 1210. The maximum atomic E-state index is 12.4. The lowest BCUT2D eigenvalue weighted by atomic mass is 10.2. The van der Waals surface area contributed by atoms with Gasteiger partial charge in [-0.25, -0.2) is 4.79 Å². The Balaban J connectivity index is 1.52. The van der Waals surface area contributed by atoms with Crippen LogP contribution in [0.1, 0.15) is 36.6 Å². The van der Waals surface area contributed by atoms with Gasteiger partial charge in [0.2, 0.25) is 5.75 Å². The molecule has 1 unspecified atom stereocenters. The molecule has 2 heterocycles. The molecule has 13 heteroatoms. The number of H-pyrrole nitrogens is 1. The third kappa shape index (κ3) is 6.68. The number of aliphatic hydroxyl groups is 1. The summed E-state index contributed by atoms with van der Waals surface area (Å²) in [7, 11) is 4.42. The van der Waals surface area contributed by atoms with E-state index in [2.05, 4.69) is 4.98 Å². The summed E-state index contributed by atoms with van der Waals surface area (Å²) < 4.78 is 33.3. The first-order chi connectivity index (χ1) is 17.7. The van der Waals surface area contributed by atoms with Crippen LogP contribution >= 0.6 is 0 Å². The van der Waals surface area contributed by atoms with E-state index in [1.165, 1.54) is 39.0 Å². The van der Waals surface area contributed by atoms with E-state index in [0.29, 0.717) is 28.4 Å². The number of aliphatic hydroxyl groups excluding tert-OH is 1. The number of nitrogens with zero attached hydrogens (tertiary/aromatic N) is 1. The van der Waals surface area contributed by atoms with E-state index >= 15 is 0 Å². The first kappa shape index (κ1) is 27.7. The van der Waals surface area contributed by atoms with Crippen LogP contribution in [0.5, 0.6) is 17.2 Å². The van der Waals surface area contributed by atoms with Crippen molar-refractivity contribution in [2.45, 2.75) is 51.2 Å². The first-order valence-corrected chi connectivity index (χ1v) is 11.4. The molecule has 0 spiro atoms. The summed E-state index contributed by atoms with van der Waals surface area (Å²) in [6, 6.07) is 3.28. The highest BCUT2D eigenvalue weighted by molar-refractivity contribution is 5.77. The quantitative estimate of drug-likeness (QED) is 0.397. The van der Waals surface area contributed by atoms with Gasteiger partial charge in [-0.3, -0.25) is 23.9 Å². The van der Waals surface area contributed by atoms with E-state index in [9.17, 15) is 24.3 Å². The molecular weight excluding hydrogens is 492 g/mol. The Hall–Kier alpha value is -3.84. The van der Waals surface area contributed by atoms with Gasteiger partial charge < -0.3 is 33.5 Å². The number of benzene rings is 1. The predicted octanol–water partition coefficient (Wildman–Crippen LogP) is 0.586. The molecule has 202 valence electrons. The standard InChI is InChI=1S/C24H30N2O11/c1-13-10-26(24(31)25-23(13)30)19-9-15(18(11-27)36-19)37-21(29)6-5-20(28)35-12-14-7-16(32-2)22(34-4)17(8-14)33-3/h7-8,10,15,18-19,27H,5-6,9,11-12H2,1-4H3,(H,25,30,31)/t15-,18?,19-/m1/s1. The van der Waals surface area contributed by atoms with Crippen LogP contribution in [0.3, 0.4) is 0 Å². The smallest absolute Gasteiger partial charge is 0.330 e. The number of aryl methyl sites for hydroxylation is 1. The van der Waals surface area contributed by atoms with Gasteiger partial charge in [0.25, 0.3) is 5.56 Å². The highest BCUT2D eigenvalue weighted by Crippen LogP contribution is 2.38. The Morgan fingerprint density at radius 2 is 1.73 bits per heavy atom. The Morgan fingerprint density at radius 1 is 1.08 bits per heavy atom. The number of hydrogen-bond donors (Lipinski definition) is 2. The molecule has 37 heavy (non-hydrogen) atoms. The van der Waals surface area contributed by atoms with Gasteiger partial charge in [0.15, 0.2) is 11.5 Å². The summed E-state index contributed by atoms with van der Waals surface area (Å²) in [5, 5.41) is 9.62. The highest BCUT2D eigenvalue weighted by Gasteiger charge is 2.39. The average Bonchev–Trinajstić information content (AvgIpc) is 3.29. The fourth-order valence-corrected chi connectivity index (χ4v) is 3.85. The summed E-state index contributed by atoms with van der Waals surface area (Å²) >= 11 is 0. The minimum Gasteiger partial charge on any atom is -0.493 e. The maximum Gasteiger partial charge on any atom is 0.330 e. The van der Waals surface area contributed by atoms with Gasteiger partial charge in [0.05, 0.1) is 40.8 Å². The zero-order chi connectivity index (χ0) is 27.1. The molecule has 2 aromatic rings. The molecule has 1 aliphatic rings. The normalized spacial score (nSPS) is 18.8. The van der Waals surface area contributed by atoms with Crippen LogP contribution < -0.4 is 25.5 Å². The van der Waals surface area contributed by atoms with E-state index in [0.717, 1.165) is 0 Å². The van der Waals surface area contributed by atoms with Gasteiger partial charge >= 0.3 is 17.6 Å². The number of carbonyl (C=O) groups excluding carboxylic acids is 2. The molecule has 1 saturated heterocycles. The van der Waals surface area contributed by atoms with Crippen molar-refractivity contribution in [1.29, 1.82) is 0 Å². The van der Waals surface area contributed by atoms with E-state index in [1.54, 1.807) is 12.1 Å². The van der Waals surface area contributed by atoms with Crippen LogP contribution in [0.2, 0.25) is 0 Å². The van der Waals surface area contributed by atoms with Crippen molar-refractivity contribution < 1.29 is 43.1 Å². The number of esters is 2. The second-order valence-corrected chi connectivity index (χ2v) is 8.25. The molecule has 0 amide bonds. The van der Waals surface area contributed by atoms with Crippen LogP contribution in [-0.4, -0.2) is 66.7 Å². The molecule has 0 bridgehead atoms. The fraction of sp³-hybridized carbons (Fsp3) is 0.500. The number of methoxy groups -OCH3 is 3. The predicted molar refractivity (Wildman–Crippen MR) is 127 cm³/mol. The number of rotatable bonds is 11. The Labute approximate surface area is 211 Å². The number of aromatic nitrogens is 2. The van der Waals surface area contributed by atoms with Crippen LogP contribution in [0.4, 0.5) is 0 Å². The van der Waals surface area contributed by atoms with Crippen LogP contribution in [0.15, 0.2) is 27.9 Å². The zero-order valence-electron chi connectivity index (χ0n) is 21.0. The lowest BCUT2D eigenvalue weighted by Crippen LogP contribution is -2.33. The van der Waals surface area contributed by atoms with Crippen LogP contribution in [-0.2, 0) is 30.4 Å². The summed E-state index contributed by atoms with van der Waals surface area (Å²) in [6.07, 6.45) is -1.64. The molecule has 3 rings (SSSR count). The summed E-state index contributed by atoms with van der Waals surface area (Å²) in [5.41, 5.74) is -0.301. The van der Waals surface area contributed by atoms with Crippen LogP contribution in [0, 0.1) is 6.92 Å². The number of nitrogens with one attached hydrogen (secondary N) is 1. The van der Waals surface area contributed by atoms with E-state index in [4.69, 9.17) is 28.4 Å². The minimum absolute atomic E-state index is 0.0773. The van der Waals surface area contributed by atoms with E-state index in [1.807, 2.05) is 0 Å². The Kier molecular flexibility index (Phi) is 9.31. The molecule has 0 aliphatic carbocycles. The topological polar surface area (TPSA) is 165 Å². The van der Waals surface area contributed by atoms with Crippen molar-refractivity contribution in [3.8, 4) is 17.2 Å². The van der Waals surface area contributed by atoms with Gasteiger partial charge in [0, 0.05) is 18.2 Å². The average molecular weight is 523 g/mol. The van der Waals surface area contributed by atoms with Crippen molar-refractivity contribution in [2.24, 2.45) is 0 Å². The van der Waals surface area contributed by atoms with Gasteiger partial charge in [0.1, 0.15) is 25.0 Å². The number of aromatic amines is 1. The SMILES string of the molecule is COc1cc(COC(=O)CCC(=O)O[C@@H]2C[C@H](n3cc(C)c(=O)[nH]c3=O)OC2CO)cc(OC)c1OC. The molecule has 13 nitrogen and oxygen atoms in total. The van der Waals surface area contributed by atoms with E-state index in [-0.39, 0.29) is 25.9 Å². The molecule has 1 aromatic heterocycles. The molecule has 1 aliphatic heterocycles.